The Morgan fingerprint density at radius 2 is 0.700 bits per heavy atom. The Bertz CT molecular complexity index is 150. The minimum atomic E-state index is 0.588. The van der Waals surface area contributed by atoms with E-state index in [1.54, 1.807) is 14.2 Å². The minimum absolute atomic E-state index is 0.588. The smallest absolute Gasteiger partial charge is 0.0701 e. The van der Waals surface area contributed by atoms with Gasteiger partial charge in [0.2, 0.25) is 0 Å². The van der Waals surface area contributed by atoms with Gasteiger partial charge in [0.25, 0.3) is 0 Å². The van der Waals surface area contributed by atoms with Crippen molar-refractivity contribution < 1.29 is 28.4 Å². The summed E-state index contributed by atoms with van der Waals surface area (Å²) in [5.74, 6) is 0. The molecule has 0 heterocycles. The summed E-state index contributed by atoms with van der Waals surface area (Å²) in [4.78, 5) is 0. The highest BCUT2D eigenvalue weighted by atomic mass is 16.6. The van der Waals surface area contributed by atoms with Gasteiger partial charge in [0.1, 0.15) is 0 Å². The summed E-state index contributed by atoms with van der Waals surface area (Å²) in [7, 11) is 3.38. The zero-order valence-corrected chi connectivity index (χ0v) is 12.9. The molecule has 0 atom stereocenters. The van der Waals surface area contributed by atoms with Gasteiger partial charge in [0.15, 0.2) is 0 Å². The van der Waals surface area contributed by atoms with E-state index >= 15 is 0 Å². The second-order valence-electron chi connectivity index (χ2n) is 4.14. The van der Waals surface area contributed by atoms with Gasteiger partial charge in [0, 0.05) is 40.6 Å². The fraction of sp³-hybridized carbons (Fsp3) is 1.00. The molecule has 0 amide bonds. The van der Waals surface area contributed by atoms with Gasteiger partial charge >= 0.3 is 0 Å². The first-order valence-electron chi connectivity index (χ1n) is 7.20. The lowest BCUT2D eigenvalue weighted by molar-refractivity contribution is -0.00493. The molecule has 122 valence electrons. The van der Waals surface area contributed by atoms with Gasteiger partial charge in [0.05, 0.1) is 39.6 Å². The third-order valence-corrected chi connectivity index (χ3v) is 2.39. The molecule has 0 aromatic rings. The first-order valence-corrected chi connectivity index (χ1v) is 7.20. The predicted octanol–water partition coefficient (Wildman–Crippen LogP) is 1.13. The molecular weight excluding hydrogens is 264 g/mol. The molecule has 0 aliphatic rings. The fourth-order valence-corrected chi connectivity index (χ4v) is 1.37. The topological polar surface area (TPSA) is 55.4 Å². The largest absolute Gasteiger partial charge is 0.385 e. The van der Waals surface area contributed by atoms with Crippen molar-refractivity contribution in [2.24, 2.45) is 0 Å². The average Bonchev–Trinajstić information content (AvgIpc) is 2.47. The van der Waals surface area contributed by atoms with Crippen molar-refractivity contribution in [3.8, 4) is 0 Å². The van der Waals surface area contributed by atoms with Gasteiger partial charge in [-0.15, -0.1) is 0 Å². The predicted molar refractivity (Wildman–Crippen MR) is 76.3 cm³/mol. The molecule has 0 fully saturated rings. The van der Waals surface area contributed by atoms with E-state index in [4.69, 9.17) is 28.4 Å². The van der Waals surface area contributed by atoms with Crippen LogP contribution in [0.4, 0.5) is 0 Å². The van der Waals surface area contributed by atoms with Crippen LogP contribution < -0.4 is 0 Å². The maximum absolute atomic E-state index is 5.36. The molecule has 0 rings (SSSR count). The van der Waals surface area contributed by atoms with Gasteiger partial charge in [-0.25, -0.2) is 0 Å². The lowest BCUT2D eigenvalue weighted by atomic mass is 10.5. The van der Waals surface area contributed by atoms with E-state index in [0.29, 0.717) is 52.9 Å². The van der Waals surface area contributed by atoms with Crippen molar-refractivity contribution in [1.29, 1.82) is 0 Å². The van der Waals surface area contributed by atoms with Crippen molar-refractivity contribution in [1.82, 2.24) is 0 Å². The van der Waals surface area contributed by atoms with E-state index in [1.165, 1.54) is 0 Å². The molecule has 6 heteroatoms. The Hall–Kier alpha value is -0.240. The molecule has 0 spiro atoms. The average molecular weight is 294 g/mol. The van der Waals surface area contributed by atoms with E-state index in [9.17, 15) is 0 Å². The molecule has 0 aliphatic heterocycles. The Kier molecular flexibility index (Phi) is 18.5. The molecule has 0 saturated heterocycles. The quantitative estimate of drug-likeness (QED) is 0.375. The van der Waals surface area contributed by atoms with Crippen LogP contribution in [0.3, 0.4) is 0 Å². The Morgan fingerprint density at radius 3 is 1.00 bits per heavy atom. The molecule has 0 bridgehead atoms. The second kappa shape index (κ2) is 18.8. The van der Waals surface area contributed by atoms with Crippen molar-refractivity contribution in [3.63, 3.8) is 0 Å². The van der Waals surface area contributed by atoms with Crippen molar-refractivity contribution in [2.75, 3.05) is 80.3 Å². The normalized spacial score (nSPS) is 11.1. The number of methoxy groups -OCH3 is 2. The lowest BCUT2D eigenvalue weighted by Gasteiger charge is -2.07. The van der Waals surface area contributed by atoms with Crippen molar-refractivity contribution in [3.05, 3.63) is 0 Å². The number of ether oxygens (including phenoxy) is 6. The summed E-state index contributed by atoms with van der Waals surface area (Å²) >= 11 is 0. The molecule has 0 radical (unpaired) electrons. The molecule has 0 aromatic carbocycles. The number of hydrogen-bond acceptors (Lipinski definition) is 6. The van der Waals surface area contributed by atoms with E-state index in [-0.39, 0.29) is 0 Å². The molecular formula is C14H30O6. The van der Waals surface area contributed by atoms with Gasteiger partial charge in [-0.05, 0) is 12.8 Å². The maximum atomic E-state index is 5.36. The highest BCUT2D eigenvalue weighted by molar-refractivity contribution is 4.37. The number of rotatable bonds is 17. The van der Waals surface area contributed by atoms with Crippen LogP contribution in [0.1, 0.15) is 12.8 Å². The lowest BCUT2D eigenvalue weighted by Crippen LogP contribution is -2.12. The zero-order valence-electron chi connectivity index (χ0n) is 12.9. The summed E-state index contributed by atoms with van der Waals surface area (Å²) in [5, 5.41) is 0. The zero-order chi connectivity index (χ0) is 14.7. The monoisotopic (exact) mass is 294 g/mol. The van der Waals surface area contributed by atoms with Crippen LogP contribution in [0.5, 0.6) is 0 Å². The van der Waals surface area contributed by atoms with Crippen LogP contribution in [0, 0.1) is 0 Å². The standard InChI is InChI=1S/C14H30O6/c1-15-5-3-7-17-9-11-19-13-14-20-12-10-18-8-4-6-16-2/h3-14H2,1-2H3. The Morgan fingerprint density at radius 1 is 0.400 bits per heavy atom. The summed E-state index contributed by atoms with van der Waals surface area (Å²) in [6.07, 6.45) is 1.84. The second-order valence-corrected chi connectivity index (χ2v) is 4.14. The summed E-state index contributed by atoms with van der Waals surface area (Å²) in [6, 6.07) is 0. The number of hydrogen-bond donors (Lipinski definition) is 0. The molecule has 20 heavy (non-hydrogen) atoms. The Balaban J connectivity index is 2.89. The third-order valence-electron chi connectivity index (χ3n) is 2.39. The van der Waals surface area contributed by atoms with Crippen LogP contribution in [-0.4, -0.2) is 80.3 Å². The molecule has 0 saturated carbocycles. The van der Waals surface area contributed by atoms with Crippen LogP contribution >= 0.6 is 0 Å². The van der Waals surface area contributed by atoms with Gasteiger partial charge in [-0.1, -0.05) is 0 Å². The van der Waals surface area contributed by atoms with Gasteiger partial charge < -0.3 is 28.4 Å². The summed E-state index contributed by atoms with van der Waals surface area (Å²) < 4.78 is 31.3. The van der Waals surface area contributed by atoms with Crippen molar-refractivity contribution in [2.45, 2.75) is 12.8 Å². The molecule has 0 aromatic heterocycles. The first-order chi connectivity index (χ1) is 9.91. The van der Waals surface area contributed by atoms with Gasteiger partial charge in [-0.3, -0.25) is 0 Å². The van der Waals surface area contributed by atoms with E-state index in [0.717, 1.165) is 26.1 Å². The van der Waals surface area contributed by atoms with E-state index in [2.05, 4.69) is 0 Å². The third kappa shape index (κ3) is 17.8. The van der Waals surface area contributed by atoms with Crippen molar-refractivity contribution >= 4 is 0 Å². The summed E-state index contributed by atoms with van der Waals surface area (Å²) in [5.41, 5.74) is 0. The first kappa shape index (κ1) is 19.8. The van der Waals surface area contributed by atoms with E-state index < -0.39 is 0 Å². The van der Waals surface area contributed by atoms with Gasteiger partial charge in [-0.2, -0.15) is 0 Å². The van der Waals surface area contributed by atoms with E-state index in [1.807, 2.05) is 0 Å². The maximum Gasteiger partial charge on any atom is 0.0701 e. The van der Waals surface area contributed by atoms with Crippen LogP contribution in [0.2, 0.25) is 0 Å². The van der Waals surface area contributed by atoms with Crippen LogP contribution in [0.25, 0.3) is 0 Å². The molecule has 6 nitrogen and oxygen atoms in total. The highest BCUT2D eigenvalue weighted by Gasteiger charge is 1.93. The summed E-state index contributed by atoms with van der Waals surface area (Å²) in [6.45, 7) is 6.52. The highest BCUT2D eigenvalue weighted by Crippen LogP contribution is 1.86. The fourth-order valence-electron chi connectivity index (χ4n) is 1.37. The minimum Gasteiger partial charge on any atom is -0.385 e. The SMILES string of the molecule is COCCCOCCOCCOCCOCCCOC. The molecule has 0 unspecified atom stereocenters. The van der Waals surface area contributed by atoms with Crippen LogP contribution in [0.15, 0.2) is 0 Å². The van der Waals surface area contributed by atoms with Crippen LogP contribution in [-0.2, 0) is 28.4 Å². The molecule has 0 N–H and O–H groups in total. The Labute approximate surface area is 122 Å². The molecule has 0 aliphatic carbocycles.